The Bertz CT molecular complexity index is 484. The van der Waals surface area contributed by atoms with Gasteiger partial charge in [0, 0.05) is 6.07 Å². The van der Waals surface area contributed by atoms with Gasteiger partial charge < -0.3 is 4.74 Å². The number of nitrogens with one attached hydrogen (secondary N) is 1. The minimum absolute atomic E-state index is 0.281. The molecule has 1 unspecified atom stereocenters. The number of halogens is 1. The number of hydrogen-bond donors (Lipinski definition) is 1. The third-order valence-corrected chi connectivity index (χ3v) is 3.49. The molecule has 0 spiro atoms. The topological polar surface area (TPSA) is 45.0 Å². The Kier molecular flexibility index (Phi) is 7.18. The third kappa shape index (κ3) is 6.14. The Morgan fingerprint density at radius 2 is 2.14 bits per heavy atom. The van der Waals surface area contributed by atoms with Crippen LogP contribution in [0.3, 0.4) is 0 Å². The molecule has 0 amide bonds. The van der Waals surface area contributed by atoms with Crippen molar-refractivity contribution in [1.82, 2.24) is 5.32 Å². The lowest BCUT2D eigenvalue weighted by atomic mass is 9.96. The molecule has 0 aliphatic carbocycles. The van der Waals surface area contributed by atoms with Crippen molar-refractivity contribution in [1.29, 1.82) is 5.26 Å². The standard InChI is InChI=1S/C17H25FN2O/c1-4-10-20-17(3,13-19)9-5-6-11-21-16-12-15(18)8-7-14(16)2/h7-8,12,20H,4-6,9-11H2,1-3H3. The molecule has 0 radical (unpaired) electrons. The predicted octanol–water partition coefficient (Wildman–Crippen LogP) is 3.97. The summed E-state index contributed by atoms with van der Waals surface area (Å²) in [7, 11) is 0. The van der Waals surface area contributed by atoms with Crippen molar-refractivity contribution < 1.29 is 9.13 Å². The summed E-state index contributed by atoms with van der Waals surface area (Å²) in [6, 6.07) is 6.90. The van der Waals surface area contributed by atoms with Crippen LogP contribution in [0, 0.1) is 24.1 Å². The second-order valence-corrected chi connectivity index (χ2v) is 5.59. The largest absolute Gasteiger partial charge is 0.493 e. The Hall–Kier alpha value is -1.60. The summed E-state index contributed by atoms with van der Waals surface area (Å²) >= 11 is 0. The van der Waals surface area contributed by atoms with E-state index in [1.165, 1.54) is 12.1 Å². The first-order valence-corrected chi connectivity index (χ1v) is 7.56. The van der Waals surface area contributed by atoms with E-state index in [-0.39, 0.29) is 5.82 Å². The predicted molar refractivity (Wildman–Crippen MR) is 82.8 cm³/mol. The van der Waals surface area contributed by atoms with Crippen molar-refractivity contribution in [3.63, 3.8) is 0 Å². The van der Waals surface area contributed by atoms with Crippen molar-refractivity contribution in [3.05, 3.63) is 29.6 Å². The van der Waals surface area contributed by atoms with E-state index in [0.717, 1.165) is 37.8 Å². The van der Waals surface area contributed by atoms with E-state index in [4.69, 9.17) is 4.74 Å². The number of unbranched alkanes of at least 4 members (excludes halogenated alkanes) is 1. The van der Waals surface area contributed by atoms with Gasteiger partial charge >= 0.3 is 0 Å². The van der Waals surface area contributed by atoms with Crippen molar-refractivity contribution >= 4 is 0 Å². The van der Waals surface area contributed by atoms with Crippen LogP contribution in [0.4, 0.5) is 4.39 Å². The van der Waals surface area contributed by atoms with Gasteiger partial charge in [-0.3, -0.25) is 5.32 Å². The Balaban J connectivity index is 2.31. The smallest absolute Gasteiger partial charge is 0.126 e. The second-order valence-electron chi connectivity index (χ2n) is 5.59. The van der Waals surface area contributed by atoms with Gasteiger partial charge in [-0.25, -0.2) is 4.39 Å². The minimum atomic E-state index is -0.467. The molecule has 0 heterocycles. The van der Waals surface area contributed by atoms with E-state index in [9.17, 15) is 9.65 Å². The average Bonchev–Trinajstić information content (AvgIpc) is 2.48. The van der Waals surface area contributed by atoms with Crippen LogP contribution in [0.2, 0.25) is 0 Å². The first-order valence-electron chi connectivity index (χ1n) is 7.56. The van der Waals surface area contributed by atoms with Crippen LogP contribution in [-0.2, 0) is 0 Å². The number of nitriles is 1. The van der Waals surface area contributed by atoms with Crippen molar-refractivity contribution in [2.75, 3.05) is 13.2 Å². The molecule has 0 saturated heterocycles. The molecule has 1 rings (SSSR count). The molecule has 116 valence electrons. The fourth-order valence-corrected chi connectivity index (χ4v) is 2.08. The van der Waals surface area contributed by atoms with Crippen LogP contribution >= 0.6 is 0 Å². The highest BCUT2D eigenvalue weighted by Gasteiger charge is 2.21. The van der Waals surface area contributed by atoms with E-state index < -0.39 is 5.54 Å². The maximum Gasteiger partial charge on any atom is 0.126 e. The zero-order chi connectivity index (χ0) is 15.7. The lowest BCUT2D eigenvalue weighted by molar-refractivity contribution is 0.292. The maximum atomic E-state index is 13.1. The van der Waals surface area contributed by atoms with Crippen LogP contribution in [-0.4, -0.2) is 18.7 Å². The summed E-state index contributed by atoms with van der Waals surface area (Å²) in [5.41, 5.74) is 0.466. The zero-order valence-corrected chi connectivity index (χ0v) is 13.2. The molecule has 0 bridgehead atoms. The Morgan fingerprint density at radius 1 is 1.38 bits per heavy atom. The highest BCUT2D eigenvalue weighted by Crippen LogP contribution is 2.19. The highest BCUT2D eigenvalue weighted by atomic mass is 19.1. The maximum absolute atomic E-state index is 13.1. The van der Waals surface area contributed by atoms with Crippen LogP contribution in [0.15, 0.2) is 18.2 Å². The molecule has 3 nitrogen and oxygen atoms in total. The molecule has 0 aromatic heterocycles. The Labute approximate surface area is 127 Å². The van der Waals surface area contributed by atoms with Gasteiger partial charge in [-0.15, -0.1) is 0 Å². The lowest BCUT2D eigenvalue weighted by Crippen LogP contribution is -2.41. The molecule has 0 saturated carbocycles. The molecule has 1 aromatic rings. The Morgan fingerprint density at radius 3 is 2.81 bits per heavy atom. The molecule has 1 N–H and O–H groups in total. The molecule has 21 heavy (non-hydrogen) atoms. The average molecular weight is 292 g/mol. The van der Waals surface area contributed by atoms with Crippen molar-refractivity contribution in [2.24, 2.45) is 0 Å². The molecular formula is C17H25FN2O. The first-order chi connectivity index (χ1) is 10.0. The monoisotopic (exact) mass is 292 g/mol. The molecular weight excluding hydrogens is 267 g/mol. The molecule has 1 aromatic carbocycles. The fourth-order valence-electron chi connectivity index (χ4n) is 2.08. The number of rotatable bonds is 9. The van der Waals surface area contributed by atoms with E-state index in [1.807, 2.05) is 13.8 Å². The first kappa shape index (κ1) is 17.5. The molecule has 1 atom stereocenters. The number of nitrogens with zero attached hydrogens (tertiary/aromatic N) is 1. The highest BCUT2D eigenvalue weighted by molar-refractivity contribution is 5.32. The van der Waals surface area contributed by atoms with Gasteiger partial charge in [0.2, 0.25) is 0 Å². The quantitative estimate of drug-likeness (QED) is 0.701. The lowest BCUT2D eigenvalue weighted by Gasteiger charge is -2.23. The molecule has 0 aliphatic rings. The van der Waals surface area contributed by atoms with Gasteiger partial charge in [-0.2, -0.15) is 5.26 Å². The third-order valence-electron chi connectivity index (χ3n) is 3.49. The number of hydrogen-bond acceptors (Lipinski definition) is 3. The minimum Gasteiger partial charge on any atom is -0.493 e. The SMILES string of the molecule is CCCNC(C)(C#N)CCCCOc1cc(F)ccc1C. The van der Waals surface area contributed by atoms with Gasteiger partial charge in [-0.05, 0) is 57.7 Å². The van der Waals surface area contributed by atoms with E-state index in [2.05, 4.69) is 18.3 Å². The van der Waals surface area contributed by atoms with Gasteiger partial charge in [0.25, 0.3) is 0 Å². The fraction of sp³-hybridized carbons (Fsp3) is 0.588. The number of aryl methyl sites for hydroxylation is 1. The summed E-state index contributed by atoms with van der Waals surface area (Å²) in [6.07, 6.45) is 3.55. The van der Waals surface area contributed by atoms with Crippen LogP contribution in [0.5, 0.6) is 5.75 Å². The van der Waals surface area contributed by atoms with E-state index in [1.54, 1.807) is 6.07 Å². The summed E-state index contributed by atoms with van der Waals surface area (Å²) in [6.45, 7) is 7.30. The van der Waals surface area contributed by atoms with Crippen molar-refractivity contribution in [2.45, 2.75) is 52.0 Å². The summed E-state index contributed by atoms with van der Waals surface area (Å²) in [4.78, 5) is 0. The zero-order valence-electron chi connectivity index (χ0n) is 13.2. The summed E-state index contributed by atoms with van der Waals surface area (Å²) < 4.78 is 18.7. The number of benzene rings is 1. The van der Waals surface area contributed by atoms with Gasteiger partial charge in [0.15, 0.2) is 0 Å². The van der Waals surface area contributed by atoms with Crippen LogP contribution in [0.1, 0.15) is 45.1 Å². The molecule has 4 heteroatoms. The molecule has 0 fully saturated rings. The summed E-state index contributed by atoms with van der Waals surface area (Å²) in [5, 5.41) is 12.5. The van der Waals surface area contributed by atoms with Crippen LogP contribution in [0.25, 0.3) is 0 Å². The number of ether oxygens (including phenoxy) is 1. The van der Waals surface area contributed by atoms with Gasteiger partial charge in [-0.1, -0.05) is 13.0 Å². The van der Waals surface area contributed by atoms with Gasteiger partial charge in [0.05, 0.1) is 12.7 Å². The van der Waals surface area contributed by atoms with E-state index in [0.29, 0.717) is 12.4 Å². The second kappa shape index (κ2) is 8.63. The van der Waals surface area contributed by atoms with Gasteiger partial charge in [0.1, 0.15) is 17.1 Å². The molecule has 0 aliphatic heterocycles. The summed E-state index contributed by atoms with van der Waals surface area (Å²) in [5.74, 6) is 0.318. The normalized spacial score (nSPS) is 13.5. The van der Waals surface area contributed by atoms with Crippen molar-refractivity contribution in [3.8, 4) is 11.8 Å². The van der Waals surface area contributed by atoms with Crippen LogP contribution < -0.4 is 10.1 Å². The van der Waals surface area contributed by atoms with E-state index >= 15 is 0 Å².